The van der Waals surface area contributed by atoms with Crippen molar-refractivity contribution in [2.24, 2.45) is 5.41 Å². The predicted molar refractivity (Wildman–Crippen MR) is 131 cm³/mol. The molecule has 0 spiro atoms. The van der Waals surface area contributed by atoms with Gasteiger partial charge in [0.1, 0.15) is 0 Å². The van der Waals surface area contributed by atoms with E-state index in [0.29, 0.717) is 17.3 Å². The highest BCUT2D eigenvalue weighted by Crippen LogP contribution is 2.33. The van der Waals surface area contributed by atoms with E-state index in [2.05, 4.69) is 95.9 Å². The molecule has 0 radical (unpaired) electrons. The minimum Gasteiger partial charge on any atom is -0.241 e. The number of fused-ring (bicyclic) bond motifs is 1. The summed E-state index contributed by atoms with van der Waals surface area (Å²) in [6.07, 6.45) is 4.81. The second-order valence-electron chi connectivity index (χ2n) is 9.29. The van der Waals surface area contributed by atoms with Gasteiger partial charge in [-0.1, -0.05) is 84.9 Å². The van der Waals surface area contributed by atoms with Gasteiger partial charge in [0.25, 0.3) is 0 Å². The number of benzene rings is 2. The van der Waals surface area contributed by atoms with Crippen molar-refractivity contribution in [3.63, 3.8) is 0 Å². The number of hydrogen-bond acceptors (Lipinski definition) is 2. The second kappa shape index (κ2) is 10.9. The largest absolute Gasteiger partial charge is 0.241 e. The summed E-state index contributed by atoms with van der Waals surface area (Å²) in [4.78, 5) is 4.60. The minimum atomic E-state index is 0.421. The first-order valence-corrected chi connectivity index (χ1v) is 12.0. The third kappa shape index (κ3) is 7.26. The fourth-order valence-electron chi connectivity index (χ4n) is 3.54. The SMILES string of the molecule is CCC(C)c1nc2ccccc2s1.CCc1ccc(C(CC)CC(C)(C)C)cc1. The van der Waals surface area contributed by atoms with Gasteiger partial charge >= 0.3 is 0 Å². The zero-order valence-corrected chi connectivity index (χ0v) is 20.3. The molecule has 158 valence electrons. The fraction of sp³-hybridized carbons (Fsp3) is 0.519. The van der Waals surface area contributed by atoms with Gasteiger partial charge in [0.15, 0.2) is 0 Å². The van der Waals surface area contributed by atoms with Crippen LogP contribution < -0.4 is 0 Å². The zero-order chi connectivity index (χ0) is 21.4. The molecule has 0 N–H and O–H groups in total. The van der Waals surface area contributed by atoms with Crippen molar-refractivity contribution in [1.82, 2.24) is 4.98 Å². The zero-order valence-electron chi connectivity index (χ0n) is 19.5. The molecule has 3 rings (SSSR count). The Hall–Kier alpha value is -1.67. The number of nitrogens with zero attached hydrogens (tertiary/aromatic N) is 1. The van der Waals surface area contributed by atoms with Crippen LogP contribution in [0.4, 0.5) is 0 Å². The Balaban J connectivity index is 0.000000211. The van der Waals surface area contributed by atoms with E-state index in [9.17, 15) is 0 Å². The van der Waals surface area contributed by atoms with Crippen molar-refractivity contribution in [3.8, 4) is 0 Å². The maximum absolute atomic E-state index is 4.60. The minimum absolute atomic E-state index is 0.421. The van der Waals surface area contributed by atoms with Crippen LogP contribution in [0.5, 0.6) is 0 Å². The van der Waals surface area contributed by atoms with E-state index in [1.165, 1.54) is 40.1 Å². The number of para-hydroxylation sites is 1. The topological polar surface area (TPSA) is 12.9 Å². The van der Waals surface area contributed by atoms with Crippen LogP contribution >= 0.6 is 11.3 Å². The van der Waals surface area contributed by atoms with E-state index < -0.39 is 0 Å². The fourth-order valence-corrected chi connectivity index (χ4v) is 4.64. The van der Waals surface area contributed by atoms with Crippen LogP contribution in [0.3, 0.4) is 0 Å². The average molecular weight is 410 g/mol. The van der Waals surface area contributed by atoms with Gasteiger partial charge in [0, 0.05) is 5.92 Å². The lowest BCUT2D eigenvalue weighted by Crippen LogP contribution is -2.11. The van der Waals surface area contributed by atoms with E-state index in [1.807, 2.05) is 17.4 Å². The van der Waals surface area contributed by atoms with Gasteiger partial charge in [-0.15, -0.1) is 11.3 Å². The van der Waals surface area contributed by atoms with Gasteiger partial charge in [-0.3, -0.25) is 0 Å². The van der Waals surface area contributed by atoms with Crippen LogP contribution in [0, 0.1) is 5.41 Å². The molecule has 0 aliphatic rings. The monoisotopic (exact) mass is 409 g/mol. The number of aromatic nitrogens is 1. The number of aryl methyl sites for hydroxylation is 1. The molecular formula is C27H39NS. The molecule has 2 aromatic carbocycles. The lowest BCUT2D eigenvalue weighted by molar-refractivity contribution is 0.335. The highest BCUT2D eigenvalue weighted by molar-refractivity contribution is 7.18. The van der Waals surface area contributed by atoms with Crippen molar-refractivity contribution in [2.75, 3.05) is 0 Å². The summed E-state index contributed by atoms with van der Waals surface area (Å²) in [7, 11) is 0. The molecule has 2 heteroatoms. The second-order valence-corrected chi connectivity index (χ2v) is 10.4. The van der Waals surface area contributed by atoms with Crippen LogP contribution in [-0.4, -0.2) is 4.98 Å². The third-order valence-corrected chi connectivity index (χ3v) is 6.82. The van der Waals surface area contributed by atoms with Crippen LogP contribution in [0.15, 0.2) is 48.5 Å². The number of rotatable bonds is 6. The summed E-state index contributed by atoms with van der Waals surface area (Å²) in [5.74, 6) is 1.31. The van der Waals surface area contributed by atoms with E-state index in [1.54, 1.807) is 0 Å². The van der Waals surface area contributed by atoms with Crippen LogP contribution in [0.1, 0.15) is 95.7 Å². The van der Waals surface area contributed by atoms with E-state index in [-0.39, 0.29) is 0 Å². The summed E-state index contributed by atoms with van der Waals surface area (Å²) in [6.45, 7) is 15.9. The van der Waals surface area contributed by atoms with Gasteiger partial charge in [0.2, 0.25) is 0 Å². The van der Waals surface area contributed by atoms with Crippen LogP contribution in [0.2, 0.25) is 0 Å². The van der Waals surface area contributed by atoms with E-state index in [0.717, 1.165) is 11.9 Å². The Labute approximate surface area is 182 Å². The van der Waals surface area contributed by atoms with E-state index >= 15 is 0 Å². The molecule has 1 nitrogen and oxygen atoms in total. The number of hydrogen-bond donors (Lipinski definition) is 0. The molecule has 0 bridgehead atoms. The van der Waals surface area contributed by atoms with Gasteiger partial charge in [-0.2, -0.15) is 0 Å². The molecule has 1 aromatic heterocycles. The first kappa shape index (κ1) is 23.6. The van der Waals surface area contributed by atoms with Crippen molar-refractivity contribution < 1.29 is 0 Å². The molecular weight excluding hydrogens is 370 g/mol. The Morgan fingerprint density at radius 1 is 0.897 bits per heavy atom. The smallest absolute Gasteiger partial charge is 0.0966 e. The summed E-state index contributed by atoms with van der Waals surface area (Å²) in [6, 6.07) is 17.5. The first-order valence-electron chi connectivity index (χ1n) is 11.2. The summed E-state index contributed by atoms with van der Waals surface area (Å²) in [5.41, 5.74) is 4.51. The molecule has 0 saturated carbocycles. The molecule has 0 fully saturated rings. The van der Waals surface area contributed by atoms with Crippen molar-refractivity contribution >= 4 is 21.6 Å². The maximum atomic E-state index is 4.60. The quantitative estimate of drug-likeness (QED) is 0.396. The normalized spacial score (nSPS) is 13.6. The Kier molecular flexibility index (Phi) is 8.89. The highest BCUT2D eigenvalue weighted by atomic mass is 32.1. The Morgan fingerprint density at radius 3 is 2.07 bits per heavy atom. The van der Waals surface area contributed by atoms with Crippen molar-refractivity contribution in [1.29, 1.82) is 0 Å². The third-order valence-electron chi connectivity index (χ3n) is 5.56. The summed E-state index contributed by atoms with van der Waals surface area (Å²) < 4.78 is 1.30. The van der Waals surface area contributed by atoms with Gasteiger partial charge in [-0.05, 0) is 60.3 Å². The molecule has 0 aliphatic heterocycles. The predicted octanol–water partition coefficient (Wildman–Crippen LogP) is 8.99. The molecule has 0 amide bonds. The standard InChI is InChI=1S/C16H26.C11H13NS/c1-6-13-8-10-15(11-9-13)14(7-2)12-16(3,4)5;1-3-8(2)11-12-9-6-4-5-7-10(9)13-11/h8-11,14H,6-7,12H2,1-5H3;4-8H,3H2,1-2H3. The lowest BCUT2D eigenvalue weighted by atomic mass is 9.80. The molecule has 0 aliphatic carbocycles. The molecule has 3 aromatic rings. The van der Waals surface area contributed by atoms with Gasteiger partial charge in [0.05, 0.1) is 15.2 Å². The average Bonchev–Trinajstić information content (AvgIpc) is 3.15. The maximum Gasteiger partial charge on any atom is 0.0966 e. The molecule has 2 unspecified atom stereocenters. The molecule has 2 atom stereocenters. The van der Waals surface area contributed by atoms with E-state index in [4.69, 9.17) is 0 Å². The molecule has 1 heterocycles. The highest BCUT2D eigenvalue weighted by Gasteiger charge is 2.18. The van der Waals surface area contributed by atoms with Crippen LogP contribution in [0.25, 0.3) is 10.2 Å². The molecule has 0 saturated heterocycles. The Morgan fingerprint density at radius 2 is 1.55 bits per heavy atom. The molecule has 29 heavy (non-hydrogen) atoms. The first-order chi connectivity index (χ1) is 13.8. The summed E-state index contributed by atoms with van der Waals surface area (Å²) >= 11 is 1.82. The summed E-state index contributed by atoms with van der Waals surface area (Å²) in [5, 5.41) is 1.27. The lowest BCUT2D eigenvalue weighted by Gasteiger charge is -2.25. The van der Waals surface area contributed by atoms with Crippen LogP contribution in [-0.2, 0) is 6.42 Å². The van der Waals surface area contributed by atoms with Crippen molar-refractivity contribution in [3.05, 3.63) is 64.7 Å². The van der Waals surface area contributed by atoms with Gasteiger partial charge < -0.3 is 0 Å². The van der Waals surface area contributed by atoms with Crippen molar-refractivity contribution in [2.45, 2.75) is 86.0 Å². The number of thiazole rings is 1. The Bertz CT molecular complexity index is 821. The van der Waals surface area contributed by atoms with Gasteiger partial charge in [-0.25, -0.2) is 4.98 Å².